The van der Waals surface area contributed by atoms with Gasteiger partial charge in [0.05, 0.1) is 16.2 Å². The van der Waals surface area contributed by atoms with E-state index in [-0.39, 0.29) is 27.5 Å². The first-order valence-electron chi connectivity index (χ1n) is 4.92. The maximum atomic E-state index is 13.5. The van der Waals surface area contributed by atoms with Crippen molar-refractivity contribution in [2.24, 2.45) is 5.84 Å². The summed E-state index contributed by atoms with van der Waals surface area (Å²) < 4.78 is 26.7. The lowest BCUT2D eigenvalue weighted by atomic mass is 10.3. The summed E-state index contributed by atoms with van der Waals surface area (Å²) in [7, 11) is 0. The van der Waals surface area contributed by atoms with Gasteiger partial charge in [0.2, 0.25) is 5.95 Å². The van der Waals surface area contributed by atoms with E-state index in [1.807, 2.05) is 0 Å². The zero-order valence-corrected chi connectivity index (χ0v) is 10.7. The van der Waals surface area contributed by atoms with E-state index < -0.39 is 11.6 Å². The number of halogens is 4. The molecule has 0 saturated heterocycles. The third kappa shape index (κ3) is 3.01. The van der Waals surface area contributed by atoms with E-state index in [1.54, 1.807) is 0 Å². The molecule has 0 atom stereocenters. The number of hydrogen-bond acceptors (Lipinski definition) is 5. The Morgan fingerprint density at radius 1 is 1.16 bits per heavy atom. The van der Waals surface area contributed by atoms with E-state index in [2.05, 4.69) is 20.7 Å². The molecule has 2 rings (SSSR count). The standard InChI is InChI=1S/C10H7Cl2F2N5/c11-5-1-4(2-6(12)8(5)14)17-9-7(13)3-16-10(18-9)19-15/h1-3H,15H2,(H2,16,17,18,19). The van der Waals surface area contributed by atoms with Gasteiger partial charge in [0.15, 0.2) is 17.5 Å². The number of benzene rings is 1. The van der Waals surface area contributed by atoms with Crippen LogP contribution in [0.5, 0.6) is 0 Å². The predicted molar refractivity (Wildman–Crippen MR) is 69.5 cm³/mol. The van der Waals surface area contributed by atoms with Crippen molar-refractivity contribution in [1.82, 2.24) is 9.97 Å². The number of nitrogens with one attached hydrogen (secondary N) is 2. The van der Waals surface area contributed by atoms with Crippen molar-refractivity contribution < 1.29 is 8.78 Å². The predicted octanol–water partition coefficient (Wildman–Crippen LogP) is 3.09. The van der Waals surface area contributed by atoms with Crippen LogP contribution in [-0.2, 0) is 0 Å². The monoisotopic (exact) mass is 305 g/mol. The van der Waals surface area contributed by atoms with Crippen molar-refractivity contribution >= 4 is 40.7 Å². The molecule has 1 aromatic carbocycles. The van der Waals surface area contributed by atoms with Gasteiger partial charge in [-0.25, -0.2) is 19.6 Å². The van der Waals surface area contributed by atoms with Crippen LogP contribution in [-0.4, -0.2) is 9.97 Å². The summed E-state index contributed by atoms with van der Waals surface area (Å²) in [6.45, 7) is 0. The van der Waals surface area contributed by atoms with Crippen LogP contribution in [0.15, 0.2) is 18.3 Å². The van der Waals surface area contributed by atoms with Crippen LogP contribution < -0.4 is 16.6 Å². The molecule has 2 aromatic rings. The minimum absolute atomic E-state index is 0.0169. The molecule has 0 aliphatic heterocycles. The van der Waals surface area contributed by atoms with E-state index in [1.165, 1.54) is 12.1 Å². The molecule has 0 spiro atoms. The first kappa shape index (κ1) is 13.7. The Morgan fingerprint density at radius 3 is 2.37 bits per heavy atom. The quantitative estimate of drug-likeness (QED) is 0.461. The molecule has 0 bridgehead atoms. The van der Waals surface area contributed by atoms with Gasteiger partial charge < -0.3 is 5.32 Å². The summed E-state index contributed by atoms with van der Waals surface area (Å²) >= 11 is 11.3. The molecule has 1 heterocycles. The summed E-state index contributed by atoms with van der Waals surface area (Å²) in [6, 6.07) is 2.50. The van der Waals surface area contributed by atoms with Crippen LogP contribution in [0.4, 0.5) is 26.2 Å². The van der Waals surface area contributed by atoms with Crippen molar-refractivity contribution in [2.45, 2.75) is 0 Å². The van der Waals surface area contributed by atoms with E-state index in [0.29, 0.717) is 0 Å². The molecule has 5 nitrogen and oxygen atoms in total. The molecule has 4 N–H and O–H groups in total. The molecule has 0 aliphatic carbocycles. The molecule has 0 saturated carbocycles. The third-order valence-corrected chi connectivity index (χ3v) is 2.67. The van der Waals surface area contributed by atoms with Gasteiger partial charge in [-0.1, -0.05) is 23.2 Å². The first-order chi connectivity index (χ1) is 9.01. The Morgan fingerprint density at radius 2 is 1.79 bits per heavy atom. The maximum Gasteiger partial charge on any atom is 0.239 e. The van der Waals surface area contributed by atoms with Crippen molar-refractivity contribution in [3.8, 4) is 0 Å². The Bertz CT molecular complexity index is 600. The summed E-state index contributed by atoms with van der Waals surface area (Å²) in [5.41, 5.74) is 2.45. The first-order valence-corrected chi connectivity index (χ1v) is 5.67. The van der Waals surface area contributed by atoms with Crippen LogP contribution in [0, 0.1) is 11.6 Å². The lowest BCUT2D eigenvalue weighted by molar-refractivity contribution is 0.619. The van der Waals surface area contributed by atoms with Gasteiger partial charge in [0.1, 0.15) is 0 Å². The largest absolute Gasteiger partial charge is 0.338 e. The Balaban J connectivity index is 2.36. The average molecular weight is 306 g/mol. The lowest BCUT2D eigenvalue weighted by Gasteiger charge is -2.09. The zero-order chi connectivity index (χ0) is 14.0. The second-order valence-electron chi connectivity index (χ2n) is 3.41. The van der Waals surface area contributed by atoms with Gasteiger partial charge in [-0.3, -0.25) is 5.43 Å². The minimum atomic E-state index is -0.749. The highest BCUT2D eigenvalue weighted by molar-refractivity contribution is 6.35. The van der Waals surface area contributed by atoms with E-state index in [0.717, 1.165) is 6.20 Å². The fourth-order valence-corrected chi connectivity index (χ4v) is 1.78. The molecule has 19 heavy (non-hydrogen) atoms. The molecule has 0 fully saturated rings. The van der Waals surface area contributed by atoms with Crippen molar-refractivity contribution in [3.63, 3.8) is 0 Å². The van der Waals surface area contributed by atoms with Crippen molar-refractivity contribution in [2.75, 3.05) is 10.7 Å². The third-order valence-electron chi connectivity index (χ3n) is 2.12. The van der Waals surface area contributed by atoms with Crippen molar-refractivity contribution in [3.05, 3.63) is 40.0 Å². The maximum absolute atomic E-state index is 13.5. The molecule has 100 valence electrons. The molecule has 9 heteroatoms. The second kappa shape index (κ2) is 5.52. The molecule has 0 unspecified atom stereocenters. The summed E-state index contributed by atoms with van der Waals surface area (Å²) in [5.74, 6) is 3.52. The molecular formula is C10H7Cl2F2N5. The Labute approximate surface area is 116 Å². The number of anilines is 3. The molecule has 0 radical (unpaired) electrons. The number of hydrogen-bond donors (Lipinski definition) is 3. The van der Waals surface area contributed by atoms with Crippen LogP contribution in [0.25, 0.3) is 0 Å². The lowest BCUT2D eigenvalue weighted by Crippen LogP contribution is -2.12. The summed E-state index contributed by atoms with van der Waals surface area (Å²) in [6.07, 6.45) is 0.928. The van der Waals surface area contributed by atoms with Gasteiger partial charge in [-0.15, -0.1) is 0 Å². The number of rotatable bonds is 3. The van der Waals surface area contributed by atoms with Crippen LogP contribution in [0.1, 0.15) is 0 Å². The smallest absolute Gasteiger partial charge is 0.239 e. The van der Waals surface area contributed by atoms with Crippen LogP contribution in [0.2, 0.25) is 10.0 Å². The minimum Gasteiger partial charge on any atom is -0.338 e. The van der Waals surface area contributed by atoms with Crippen LogP contribution in [0.3, 0.4) is 0 Å². The van der Waals surface area contributed by atoms with Crippen molar-refractivity contribution in [1.29, 1.82) is 0 Å². The summed E-state index contributed by atoms with van der Waals surface area (Å²) in [5, 5.41) is 2.21. The van der Waals surface area contributed by atoms with Gasteiger partial charge in [-0.05, 0) is 12.1 Å². The number of aromatic nitrogens is 2. The van der Waals surface area contributed by atoms with Crippen LogP contribution >= 0.6 is 23.2 Å². The van der Waals surface area contributed by atoms with E-state index in [9.17, 15) is 8.78 Å². The number of nitrogens with zero attached hydrogens (tertiary/aromatic N) is 2. The highest BCUT2D eigenvalue weighted by Crippen LogP contribution is 2.29. The second-order valence-corrected chi connectivity index (χ2v) is 4.23. The average Bonchev–Trinajstić information content (AvgIpc) is 2.38. The number of nitrogen functional groups attached to an aromatic ring is 1. The fraction of sp³-hybridized carbons (Fsp3) is 0. The summed E-state index contributed by atoms with van der Waals surface area (Å²) in [4.78, 5) is 7.33. The molecule has 0 amide bonds. The molecule has 0 aliphatic rings. The highest BCUT2D eigenvalue weighted by Gasteiger charge is 2.11. The number of nitrogens with two attached hydrogens (primary N) is 1. The highest BCUT2D eigenvalue weighted by atomic mass is 35.5. The van der Waals surface area contributed by atoms with Gasteiger partial charge in [0, 0.05) is 5.69 Å². The Hall–Kier alpha value is -1.70. The van der Waals surface area contributed by atoms with Gasteiger partial charge >= 0.3 is 0 Å². The van der Waals surface area contributed by atoms with E-state index >= 15 is 0 Å². The topological polar surface area (TPSA) is 75.9 Å². The molecular weight excluding hydrogens is 299 g/mol. The number of hydrazine groups is 1. The SMILES string of the molecule is NNc1ncc(F)c(Nc2cc(Cl)c(F)c(Cl)c2)n1. The zero-order valence-electron chi connectivity index (χ0n) is 9.22. The van der Waals surface area contributed by atoms with Gasteiger partial charge in [0.25, 0.3) is 0 Å². The van der Waals surface area contributed by atoms with Gasteiger partial charge in [-0.2, -0.15) is 4.98 Å². The fourth-order valence-electron chi connectivity index (χ4n) is 1.29. The van der Waals surface area contributed by atoms with E-state index in [4.69, 9.17) is 29.0 Å². The normalized spacial score (nSPS) is 10.4. The Kier molecular flexibility index (Phi) is 3.98. The molecule has 1 aromatic heterocycles.